The number of hydrogen-bond donors (Lipinski definition) is 1. The second-order valence-electron chi connectivity index (χ2n) is 5.35. The van der Waals surface area contributed by atoms with Crippen LogP contribution in [0, 0.1) is 6.92 Å². The molecule has 1 saturated heterocycles. The molecule has 122 valence electrons. The molecule has 0 bridgehead atoms. The van der Waals surface area contributed by atoms with Crippen molar-refractivity contribution >= 4 is 48.9 Å². The Labute approximate surface area is 147 Å². The maximum atomic E-state index is 12.5. The number of thiophene rings is 1. The van der Waals surface area contributed by atoms with Crippen molar-refractivity contribution < 1.29 is 13.2 Å². The molecule has 3 rings (SSSR count). The summed E-state index contributed by atoms with van der Waals surface area (Å²) < 4.78 is 28.1. The number of amides is 1. The summed E-state index contributed by atoms with van der Waals surface area (Å²) in [7, 11) is -3.68. The summed E-state index contributed by atoms with van der Waals surface area (Å²) >= 11 is 4.37. The molecule has 1 N–H and O–H groups in total. The number of rotatable bonds is 4. The first kappa shape index (κ1) is 16.6. The lowest BCUT2D eigenvalue weighted by Crippen LogP contribution is -2.41. The van der Waals surface area contributed by atoms with Gasteiger partial charge in [-0.3, -0.25) is 4.79 Å². The van der Waals surface area contributed by atoms with Crippen LogP contribution < -0.4 is 9.62 Å². The molecule has 0 spiro atoms. The van der Waals surface area contributed by atoms with Crippen molar-refractivity contribution in [1.82, 2.24) is 4.72 Å². The molecule has 1 amide bonds. The molecule has 1 aromatic carbocycles. The highest BCUT2D eigenvalue weighted by molar-refractivity contribution is 9.11. The highest BCUT2D eigenvalue weighted by atomic mass is 79.9. The molecule has 1 aliphatic rings. The molecule has 1 atom stereocenters. The molecular formula is C15H15BrN2O3S2. The van der Waals surface area contributed by atoms with Crippen LogP contribution in [-0.2, 0) is 14.8 Å². The van der Waals surface area contributed by atoms with Crippen molar-refractivity contribution in [2.45, 2.75) is 23.6 Å². The van der Waals surface area contributed by atoms with E-state index >= 15 is 0 Å². The van der Waals surface area contributed by atoms with Crippen LogP contribution in [-0.4, -0.2) is 26.9 Å². The Morgan fingerprint density at radius 3 is 2.52 bits per heavy atom. The van der Waals surface area contributed by atoms with Crippen molar-refractivity contribution in [3.63, 3.8) is 0 Å². The second kappa shape index (κ2) is 6.35. The lowest BCUT2D eigenvalue weighted by molar-refractivity contribution is -0.118. The van der Waals surface area contributed by atoms with E-state index in [9.17, 15) is 13.2 Å². The van der Waals surface area contributed by atoms with Gasteiger partial charge in [0.05, 0.1) is 3.79 Å². The summed E-state index contributed by atoms with van der Waals surface area (Å²) in [5.41, 5.74) is 1.90. The van der Waals surface area contributed by atoms with Gasteiger partial charge in [0.25, 0.3) is 10.0 Å². The minimum Gasteiger partial charge on any atom is -0.311 e. The maximum Gasteiger partial charge on any atom is 0.250 e. The fraction of sp³-hybridized carbons (Fsp3) is 0.267. The van der Waals surface area contributed by atoms with Crippen LogP contribution in [0.15, 0.2) is 44.4 Å². The van der Waals surface area contributed by atoms with Gasteiger partial charge in [0.15, 0.2) is 0 Å². The largest absolute Gasteiger partial charge is 0.311 e. The van der Waals surface area contributed by atoms with Gasteiger partial charge in [-0.1, -0.05) is 17.7 Å². The molecule has 0 unspecified atom stereocenters. The SMILES string of the molecule is Cc1ccc(N2CC[C@@H](NS(=O)(=O)c3ccc(Br)s3)C2=O)cc1. The number of benzene rings is 1. The van der Waals surface area contributed by atoms with Gasteiger partial charge < -0.3 is 4.90 Å². The molecule has 8 heteroatoms. The quantitative estimate of drug-likeness (QED) is 0.835. The average molecular weight is 415 g/mol. The molecule has 0 aliphatic carbocycles. The van der Waals surface area contributed by atoms with Gasteiger partial charge in [-0.05, 0) is 53.5 Å². The Balaban J connectivity index is 1.76. The van der Waals surface area contributed by atoms with Crippen molar-refractivity contribution in [1.29, 1.82) is 0 Å². The van der Waals surface area contributed by atoms with Gasteiger partial charge in [-0.25, -0.2) is 8.42 Å². The zero-order valence-corrected chi connectivity index (χ0v) is 15.5. The Kier molecular flexibility index (Phi) is 4.59. The van der Waals surface area contributed by atoms with Gasteiger partial charge in [0, 0.05) is 12.2 Å². The van der Waals surface area contributed by atoms with Crippen molar-refractivity contribution in [2.24, 2.45) is 0 Å². The number of carbonyl (C=O) groups excluding carboxylic acids is 1. The van der Waals surface area contributed by atoms with E-state index in [4.69, 9.17) is 0 Å². The topological polar surface area (TPSA) is 66.5 Å². The van der Waals surface area contributed by atoms with E-state index in [0.29, 0.717) is 13.0 Å². The predicted molar refractivity (Wildman–Crippen MR) is 94.3 cm³/mol. The molecule has 1 fully saturated rings. The molecule has 1 aliphatic heterocycles. The predicted octanol–water partition coefficient (Wildman–Crippen LogP) is 2.90. The highest BCUT2D eigenvalue weighted by Crippen LogP contribution is 2.27. The van der Waals surface area contributed by atoms with E-state index in [1.807, 2.05) is 31.2 Å². The Hall–Kier alpha value is -1.22. The smallest absolute Gasteiger partial charge is 0.250 e. The minimum atomic E-state index is -3.68. The van der Waals surface area contributed by atoms with Gasteiger partial charge in [-0.2, -0.15) is 4.72 Å². The Bertz CT molecular complexity index is 831. The molecule has 5 nitrogen and oxygen atoms in total. The van der Waals surface area contributed by atoms with Crippen molar-refractivity contribution in [3.05, 3.63) is 45.7 Å². The van der Waals surface area contributed by atoms with Crippen molar-refractivity contribution in [2.75, 3.05) is 11.4 Å². The van der Waals surface area contributed by atoms with Gasteiger partial charge >= 0.3 is 0 Å². The molecule has 0 radical (unpaired) electrons. The summed E-state index contributed by atoms with van der Waals surface area (Å²) in [6.07, 6.45) is 0.457. The summed E-state index contributed by atoms with van der Waals surface area (Å²) in [6, 6.07) is 10.1. The lowest BCUT2D eigenvalue weighted by atomic mass is 10.2. The first-order valence-corrected chi connectivity index (χ1v) is 10.1. The highest BCUT2D eigenvalue weighted by Gasteiger charge is 2.36. The molecule has 0 saturated carbocycles. The van der Waals surface area contributed by atoms with E-state index < -0.39 is 16.1 Å². The number of nitrogens with one attached hydrogen (secondary N) is 1. The molecule has 23 heavy (non-hydrogen) atoms. The third-order valence-electron chi connectivity index (χ3n) is 3.66. The summed E-state index contributed by atoms with van der Waals surface area (Å²) in [5, 5.41) is 0. The minimum absolute atomic E-state index is 0.200. The van der Waals surface area contributed by atoms with E-state index in [1.165, 1.54) is 6.07 Å². The number of aryl methyl sites for hydroxylation is 1. The van der Waals surface area contributed by atoms with Crippen LogP contribution in [0.5, 0.6) is 0 Å². The lowest BCUT2D eigenvalue weighted by Gasteiger charge is -2.17. The Morgan fingerprint density at radius 1 is 1.22 bits per heavy atom. The van der Waals surface area contributed by atoms with Crippen LogP contribution in [0.3, 0.4) is 0 Å². The van der Waals surface area contributed by atoms with Gasteiger partial charge in [0.2, 0.25) is 5.91 Å². The summed E-state index contributed by atoms with van der Waals surface area (Å²) in [4.78, 5) is 14.1. The number of anilines is 1. The standard InChI is InChI=1S/C15H15BrN2O3S2/c1-10-2-4-11(5-3-10)18-9-8-12(15(18)19)17-23(20,21)14-7-6-13(16)22-14/h2-7,12,17H,8-9H2,1H3/t12-/m1/s1. The average Bonchev–Trinajstić information content (AvgIpc) is 3.08. The number of sulfonamides is 1. The molecule has 2 aromatic rings. The van der Waals surface area contributed by atoms with E-state index in [0.717, 1.165) is 26.4 Å². The normalized spacial score (nSPS) is 18.6. The zero-order chi connectivity index (χ0) is 16.6. The number of carbonyl (C=O) groups is 1. The van der Waals surface area contributed by atoms with Crippen LogP contribution in [0.4, 0.5) is 5.69 Å². The fourth-order valence-electron chi connectivity index (χ4n) is 2.46. The number of halogens is 1. The Morgan fingerprint density at radius 2 is 1.91 bits per heavy atom. The molecular weight excluding hydrogens is 400 g/mol. The van der Waals surface area contributed by atoms with E-state index in [1.54, 1.807) is 11.0 Å². The van der Waals surface area contributed by atoms with Gasteiger partial charge in [-0.15, -0.1) is 11.3 Å². The number of nitrogens with zero attached hydrogens (tertiary/aromatic N) is 1. The van der Waals surface area contributed by atoms with E-state index in [-0.39, 0.29) is 10.1 Å². The molecule has 1 aromatic heterocycles. The van der Waals surface area contributed by atoms with E-state index in [2.05, 4.69) is 20.7 Å². The van der Waals surface area contributed by atoms with Crippen LogP contribution in [0.25, 0.3) is 0 Å². The van der Waals surface area contributed by atoms with Crippen LogP contribution >= 0.6 is 27.3 Å². The maximum absolute atomic E-state index is 12.5. The number of hydrogen-bond acceptors (Lipinski definition) is 4. The van der Waals surface area contributed by atoms with Gasteiger partial charge in [0.1, 0.15) is 10.3 Å². The van der Waals surface area contributed by atoms with Crippen LogP contribution in [0.1, 0.15) is 12.0 Å². The van der Waals surface area contributed by atoms with Crippen molar-refractivity contribution in [3.8, 4) is 0 Å². The van der Waals surface area contributed by atoms with Crippen LogP contribution in [0.2, 0.25) is 0 Å². The zero-order valence-electron chi connectivity index (χ0n) is 12.3. The molecule has 2 heterocycles. The second-order valence-corrected chi connectivity index (χ2v) is 9.75. The fourth-order valence-corrected chi connectivity index (χ4v) is 5.71. The third-order valence-corrected chi connectivity index (χ3v) is 7.25. The summed E-state index contributed by atoms with van der Waals surface area (Å²) in [5.74, 6) is -0.215. The first-order valence-electron chi connectivity index (χ1n) is 7.02. The monoisotopic (exact) mass is 414 g/mol. The third kappa shape index (κ3) is 3.50. The summed E-state index contributed by atoms with van der Waals surface area (Å²) in [6.45, 7) is 2.48. The first-order chi connectivity index (χ1) is 10.9.